The molecule has 0 spiro atoms. The summed E-state index contributed by atoms with van der Waals surface area (Å²) in [7, 11) is 0. The molecular weight excluding hydrogens is 401 g/mol. The molecule has 1 aliphatic heterocycles. The molecule has 8 heteroatoms. The summed E-state index contributed by atoms with van der Waals surface area (Å²) >= 11 is 0. The number of rotatable bonds is 5. The van der Waals surface area contributed by atoms with E-state index in [1.54, 1.807) is 32.9 Å². The maximum Gasteiger partial charge on any atom is 0.435 e. The number of nitrogens with zero attached hydrogens (tertiary/aromatic N) is 3. The summed E-state index contributed by atoms with van der Waals surface area (Å²) in [6.45, 7) is 7.33. The van der Waals surface area contributed by atoms with Crippen molar-refractivity contribution >= 4 is 11.9 Å². The zero-order valence-corrected chi connectivity index (χ0v) is 18.1. The van der Waals surface area contributed by atoms with Crippen LogP contribution in [-0.4, -0.2) is 57.9 Å². The minimum atomic E-state index is -0.626. The molecule has 0 bridgehead atoms. The number of benzene rings is 1. The third kappa shape index (κ3) is 5.31. The molecule has 166 valence electrons. The lowest BCUT2D eigenvalue weighted by atomic mass is 10.0. The molecule has 7 nitrogen and oxygen atoms in total. The van der Waals surface area contributed by atoms with Crippen molar-refractivity contribution in [2.75, 3.05) is 19.6 Å². The van der Waals surface area contributed by atoms with E-state index in [1.165, 1.54) is 24.5 Å². The Labute approximate surface area is 181 Å². The lowest BCUT2D eigenvalue weighted by Gasteiger charge is -2.19. The first-order chi connectivity index (χ1) is 14.7. The average molecular weight is 429 g/mol. The number of carbonyl (C=O) groups excluding carboxylic acids is 2. The number of ketones is 1. The Hall–Kier alpha value is -2.74. The molecule has 3 atom stereocenters. The van der Waals surface area contributed by atoms with Crippen LogP contribution >= 0.6 is 0 Å². The largest absolute Gasteiger partial charge is 0.490 e. The predicted molar refractivity (Wildman–Crippen MR) is 112 cm³/mol. The number of carbonyl (C=O) groups is 2. The van der Waals surface area contributed by atoms with Crippen molar-refractivity contribution in [2.24, 2.45) is 11.8 Å². The zero-order chi connectivity index (χ0) is 22.2. The molecular formula is C23H28FN3O4. The first kappa shape index (κ1) is 21.5. The summed E-state index contributed by atoms with van der Waals surface area (Å²) < 4.78 is 25.4. The minimum absolute atomic E-state index is 0.0612. The number of fused-ring (bicyclic) bond motifs is 1. The molecule has 2 aromatic rings. The summed E-state index contributed by atoms with van der Waals surface area (Å²) in [5.41, 5.74) is -0.223. The van der Waals surface area contributed by atoms with Crippen LogP contribution in [0.15, 0.2) is 36.7 Å². The van der Waals surface area contributed by atoms with Crippen molar-refractivity contribution < 1.29 is 23.5 Å². The van der Waals surface area contributed by atoms with Gasteiger partial charge in [0.15, 0.2) is 5.78 Å². The fourth-order valence-corrected chi connectivity index (χ4v) is 4.44. The number of ether oxygens (including phenoxy) is 2. The van der Waals surface area contributed by atoms with Gasteiger partial charge in [0.1, 0.15) is 17.2 Å². The first-order valence-electron chi connectivity index (χ1n) is 10.6. The number of hydrogen-bond acceptors (Lipinski definition) is 6. The van der Waals surface area contributed by atoms with Gasteiger partial charge in [-0.15, -0.1) is 0 Å². The lowest BCUT2D eigenvalue weighted by Crippen LogP contribution is -2.30. The Morgan fingerprint density at radius 1 is 1.13 bits per heavy atom. The molecule has 0 unspecified atom stereocenters. The van der Waals surface area contributed by atoms with Crippen LogP contribution in [0.5, 0.6) is 5.75 Å². The Morgan fingerprint density at radius 3 is 2.39 bits per heavy atom. The average Bonchev–Trinajstić information content (AvgIpc) is 3.37. The highest BCUT2D eigenvalue weighted by molar-refractivity contribution is 5.97. The van der Waals surface area contributed by atoms with Crippen molar-refractivity contribution in [1.82, 2.24) is 14.7 Å². The second-order valence-electron chi connectivity index (χ2n) is 9.46. The topological polar surface area (TPSA) is 73.7 Å². The van der Waals surface area contributed by atoms with Gasteiger partial charge in [-0.05, 0) is 69.7 Å². The van der Waals surface area contributed by atoms with Crippen LogP contribution in [0.25, 0.3) is 0 Å². The van der Waals surface area contributed by atoms with Crippen LogP contribution < -0.4 is 4.74 Å². The van der Waals surface area contributed by atoms with Crippen LogP contribution in [-0.2, 0) is 4.74 Å². The van der Waals surface area contributed by atoms with Gasteiger partial charge < -0.3 is 9.47 Å². The summed E-state index contributed by atoms with van der Waals surface area (Å²) in [6.07, 6.45) is 4.24. The molecule has 4 rings (SSSR count). The van der Waals surface area contributed by atoms with Gasteiger partial charge >= 0.3 is 6.09 Å². The fourth-order valence-electron chi connectivity index (χ4n) is 4.44. The van der Waals surface area contributed by atoms with Crippen molar-refractivity contribution in [2.45, 2.75) is 45.3 Å². The molecule has 1 saturated heterocycles. The number of halogens is 1. The normalized spacial score (nSPS) is 23.5. The first-order valence-corrected chi connectivity index (χ1v) is 10.6. The summed E-state index contributed by atoms with van der Waals surface area (Å²) in [6, 6.07) is 6.13. The highest BCUT2D eigenvalue weighted by Gasteiger charge is 2.42. The van der Waals surface area contributed by atoms with Crippen molar-refractivity contribution in [3.05, 3.63) is 48.0 Å². The molecule has 0 radical (unpaired) electrons. The van der Waals surface area contributed by atoms with Gasteiger partial charge in [-0.25, -0.2) is 9.18 Å². The summed E-state index contributed by atoms with van der Waals surface area (Å²) in [4.78, 5) is 26.9. The molecule has 1 saturated carbocycles. The number of Topliss-reactive ketones (excluding diaryl/α,β-unsaturated/α-hetero) is 1. The Balaban J connectivity index is 1.26. The molecule has 2 fully saturated rings. The third-order valence-electron chi connectivity index (χ3n) is 5.75. The van der Waals surface area contributed by atoms with E-state index in [0.717, 1.165) is 30.6 Å². The number of aromatic nitrogens is 2. The number of hydrogen-bond donors (Lipinski definition) is 0. The Kier molecular flexibility index (Phi) is 5.83. The van der Waals surface area contributed by atoms with E-state index < -0.39 is 11.7 Å². The van der Waals surface area contributed by atoms with E-state index in [4.69, 9.17) is 9.47 Å². The second kappa shape index (κ2) is 8.42. The van der Waals surface area contributed by atoms with Gasteiger partial charge in [-0.1, -0.05) is 0 Å². The van der Waals surface area contributed by atoms with E-state index >= 15 is 0 Å². The monoisotopic (exact) mass is 429 g/mol. The Bertz CT molecular complexity index is 936. The van der Waals surface area contributed by atoms with Crippen molar-refractivity contribution in [3.8, 4) is 5.75 Å². The molecule has 1 aromatic heterocycles. The van der Waals surface area contributed by atoms with Gasteiger partial charge in [0.25, 0.3) is 0 Å². The van der Waals surface area contributed by atoms with Crippen LogP contribution in [0.4, 0.5) is 9.18 Å². The van der Waals surface area contributed by atoms with Crippen molar-refractivity contribution in [3.63, 3.8) is 0 Å². The molecule has 1 aliphatic carbocycles. The number of likely N-dealkylation sites (tertiary alicyclic amines) is 1. The maximum absolute atomic E-state index is 13.0. The van der Waals surface area contributed by atoms with Crippen LogP contribution in [0.3, 0.4) is 0 Å². The smallest absolute Gasteiger partial charge is 0.435 e. The molecule has 2 heterocycles. The molecule has 2 aliphatic rings. The van der Waals surface area contributed by atoms with Crippen molar-refractivity contribution in [1.29, 1.82) is 0 Å². The Morgan fingerprint density at radius 2 is 1.77 bits per heavy atom. The van der Waals surface area contributed by atoms with Crippen LogP contribution in [0.1, 0.15) is 44.0 Å². The van der Waals surface area contributed by atoms with E-state index in [0.29, 0.717) is 29.7 Å². The van der Waals surface area contributed by atoms with Gasteiger partial charge in [0, 0.05) is 19.3 Å². The quantitative estimate of drug-likeness (QED) is 0.674. The molecule has 0 N–H and O–H groups in total. The minimum Gasteiger partial charge on any atom is -0.490 e. The third-order valence-corrected chi connectivity index (χ3v) is 5.75. The maximum atomic E-state index is 13.0. The zero-order valence-electron chi connectivity index (χ0n) is 18.1. The lowest BCUT2D eigenvalue weighted by molar-refractivity contribution is 0.0514. The molecule has 1 aromatic carbocycles. The summed E-state index contributed by atoms with van der Waals surface area (Å²) in [5, 5.41) is 3.97. The van der Waals surface area contributed by atoms with Gasteiger partial charge in [0.05, 0.1) is 24.4 Å². The van der Waals surface area contributed by atoms with Gasteiger partial charge in [-0.2, -0.15) is 9.78 Å². The fraction of sp³-hybridized carbons (Fsp3) is 0.522. The molecule has 31 heavy (non-hydrogen) atoms. The predicted octanol–water partition coefficient (Wildman–Crippen LogP) is 3.78. The van der Waals surface area contributed by atoms with E-state index in [-0.39, 0.29) is 17.7 Å². The van der Waals surface area contributed by atoms with E-state index in [2.05, 4.69) is 10.00 Å². The summed E-state index contributed by atoms with van der Waals surface area (Å²) in [5.74, 6) is 1.34. The highest BCUT2D eigenvalue weighted by Crippen LogP contribution is 2.39. The standard InChI is InChI=1S/C23H28FN3O4/c1-23(2,3)31-22(29)27-13-17(10-25-27)21(28)14-26-11-15-8-20(9-16(15)12-26)30-19-6-4-18(24)5-7-19/h4-7,10,13,15-16,20H,8-9,11-12,14H2,1-3H3/t15-,16+,20+. The van der Waals surface area contributed by atoms with E-state index in [1.807, 2.05) is 0 Å². The SMILES string of the molecule is CC(C)(C)OC(=O)n1cc(C(=O)CN2C[C@H]3C[C@H](Oc4ccc(F)cc4)C[C@H]3C2)cn1. The van der Waals surface area contributed by atoms with Gasteiger partial charge in [0.2, 0.25) is 0 Å². The second-order valence-corrected chi connectivity index (χ2v) is 9.46. The molecule has 0 amide bonds. The highest BCUT2D eigenvalue weighted by atomic mass is 19.1. The van der Waals surface area contributed by atoms with Crippen LogP contribution in [0, 0.1) is 17.7 Å². The van der Waals surface area contributed by atoms with Crippen LogP contribution in [0.2, 0.25) is 0 Å². The van der Waals surface area contributed by atoms with E-state index in [9.17, 15) is 14.0 Å². The van der Waals surface area contributed by atoms with Gasteiger partial charge in [-0.3, -0.25) is 9.69 Å².